The summed E-state index contributed by atoms with van der Waals surface area (Å²) >= 11 is 0. The lowest BCUT2D eigenvalue weighted by atomic mass is 10.0. The van der Waals surface area contributed by atoms with Crippen LogP contribution in [0.3, 0.4) is 0 Å². The quantitative estimate of drug-likeness (QED) is 0.307. The van der Waals surface area contributed by atoms with Gasteiger partial charge in [-0.3, -0.25) is 10.1 Å². The lowest BCUT2D eigenvalue weighted by Crippen LogP contribution is -2.46. The molecule has 3 aromatic carbocycles. The largest absolute Gasteiger partial charge is 0.496 e. The SMILES string of the molecule is COc1cc2ccccc2cc1C(=Nc1ccc(C)c([N+](=O)[O-])c1)N1CCNCC1. The lowest BCUT2D eigenvalue weighted by Gasteiger charge is -2.31. The topological polar surface area (TPSA) is 80.0 Å². The fraction of sp³-hybridized carbons (Fsp3) is 0.261. The number of aliphatic imine (C=N–C) groups is 1. The molecule has 1 aliphatic heterocycles. The van der Waals surface area contributed by atoms with Gasteiger partial charge in [-0.25, -0.2) is 4.99 Å². The van der Waals surface area contributed by atoms with Crippen molar-refractivity contribution in [3.8, 4) is 5.75 Å². The molecule has 30 heavy (non-hydrogen) atoms. The number of fused-ring (bicyclic) bond motifs is 1. The average Bonchev–Trinajstić information content (AvgIpc) is 2.78. The van der Waals surface area contributed by atoms with Gasteiger partial charge in [0.2, 0.25) is 0 Å². The molecule has 0 aromatic heterocycles. The standard InChI is InChI=1S/C23H24N4O3/c1-16-7-8-19(15-21(16)27(28)29)25-23(26-11-9-24-10-12-26)20-13-17-5-3-4-6-18(17)14-22(20)30-2/h3-8,13-15,24H,9-12H2,1-2H3. The van der Waals surface area contributed by atoms with Crippen LogP contribution in [0.25, 0.3) is 10.8 Å². The van der Waals surface area contributed by atoms with Crippen LogP contribution in [0.2, 0.25) is 0 Å². The van der Waals surface area contributed by atoms with Crippen LogP contribution in [-0.2, 0) is 0 Å². The Labute approximate surface area is 175 Å². The zero-order valence-corrected chi connectivity index (χ0v) is 17.1. The fourth-order valence-corrected chi connectivity index (χ4v) is 3.73. The van der Waals surface area contributed by atoms with Gasteiger partial charge in [0.15, 0.2) is 0 Å². The van der Waals surface area contributed by atoms with E-state index in [2.05, 4.69) is 22.3 Å². The number of methoxy groups -OCH3 is 1. The molecule has 0 radical (unpaired) electrons. The van der Waals surface area contributed by atoms with Crippen LogP contribution in [0.5, 0.6) is 5.75 Å². The molecule has 4 rings (SSSR count). The number of hydrogen-bond donors (Lipinski definition) is 1. The third kappa shape index (κ3) is 3.97. The van der Waals surface area contributed by atoms with Gasteiger partial charge in [0.05, 0.1) is 23.3 Å². The van der Waals surface area contributed by atoms with E-state index in [1.54, 1.807) is 20.1 Å². The van der Waals surface area contributed by atoms with Crippen LogP contribution in [0, 0.1) is 17.0 Å². The van der Waals surface area contributed by atoms with Gasteiger partial charge in [0, 0.05) is 37.8 Å². The number of aryl methyl sites for hydroxylation is 1. The van der Waals surface area contributed by atoms with E-state index in [-0.39, 0.29) is 10.6 Å². The van der Waals surface area contributed by atoms with E-state index < -0.39 is 0 Å². The molecule has 3 aromatic rings. The van der Waals surface area contributed by atoms with E-state index in [1.807, 2.05) is 30.3 Å². The predicted octanol–water partition coefficient (Wildman–Crippen LogP) is 4.05. The number of hydrogen-bond acceptors (Lipinski definition) is 5. The van der Waals surface area contributed by atoms with Crippen LogP contribution in [0.15, 0.2) is 59.6 Å². The molecule has 0 atom stereocenters. The summed E-state index contributed by atoms with van der Waals surface area (Å²) in [4.78, 5) is 18.1. The molecule has 0 amide bonds. The summed E-state index contributed by atoms with van der Waals surface area (Å²) in [5, 5.41) is 16.9. The van der Waals surface area contributed by atoms with Crippen molar-refractivity contribution in [1.29, 1.82) is 0 Å². The van der Waals surface area contributed by atoms with E-state index in [9.17, 15) is 10.1 Å². The lowest BCUT2D eigenvalue weighted by molar-refractivity contribution is -0.385. The average molecular weight is 404 g/mol. The summed E-state index contributed by atoms with van der Waals surface area (Å²) < 4.78 is 5.71. The smallest absolute Gasteiger partial charge is 0.274 e. The molecule has 7 nitrogen and oxygen atoms in total. The molecule has 0 aliphatic carbocycles. The Morgan fingerprint density at radius 1 is 1.10 bits per heavy atom. The molecule has 1 heterocycles. The monoisotopic (exact) mass is 404 g/mol. The second-order valence-electron chi connectivity index (χ2n) is 7.30. The summed E-state index contributed by atoms with van der Waals surface area (Å²) in [7, 11) is 1.65. The van der Waals surface area contributed by atoms with Crippen molar-refractivity contribution in [2.45, 2.75) is 6.92 Å². The first-order chi connectivity index (χ1) is 14.6. The summed E-state index contributed by atoms with van der Waals surface area (Å²) in [6.45, 7) is 5.02. The minimum absolute atomic E-state index is 0.0707. The molecule has 154 valence electrons. The molecule has 1 saturated heterocycles. The molecule has 1 N–H and O–H groups in total. The Balaban J connectivity index is 1.89. The summed E-state index contributed by atoms with van der Waals surface area (Å²) in [6.07, 6.45) is 0. The number of rotatable bonds is 4. The number of ether oxygens (including phenoxy) is 1. The van der Waals surface area contributed by atoms with Crippen molar-refractivity contribution in [3.63, 3.8) is 0 Å². The second kappa shape index (κ2) is 8.51. The van der Waals surface area contributed by atoms with Crippen molar-refractivity contribution >= 4 is 28.0 Å². The Morgan fingerprint density at radius 3 is 2.47 bits per heavy atom. The van der Waals surface area contributed by atoms with Crippen LogP contribution >= 0.6 is 0 Å². The highest BCUT2D eigenvalue weighted by Gasteiger charge is 2.21. The number of nitro groups is 1. The normalized spacial score (nSPS) is 14.7. The first-order valence-corrected chi connectivity index (χ1v) is 9.93. The Kier molecular flexibility index (Phi) is 5.63. The van der Waals surface area contributed by atoms with Gasteiger partial charge in [0.1, 0.15) is 11.6 Å². The predicted molar refractivity (Wildman–Crippen MR) is 119 cm³/mol. The molecule has 0 bridgehead atoms. The number of nitrogens with one attached hydrogen (secondary N) is 1. The maximum Gasteiger partial charge on any atom is 0.274 e. The van der Waals surface area contributed by atoms with Crippen molar-refractivity contribution in [2.75, 3.05) is 33.3 Å². The first-order valence-electron chi connectivity index (χ1n) is 9.93. The van der Waals surface area contributed by atoms with E-state index in [1.165, 1.54) is 6.07 Å². The third-order valence-corrected chi connectivity index (χ3v) is 5.35. The fourth-order valence-electron chi connectivity index (χ4n) is 3.73. The maximum absolute atomic E-state index is 11.4. The van der Waals surface area contributed by atoms with Crippen LogP contribution < -0.4 is 10.1 Å². The molecular formula is C23H24N4O3. The van der Waals surface area contributed by atoms with Gasteiger partial charge >= 0.3 is 0 Å². The Hall–Kier alpha value is -3.45. The highest BCUT2D eigenvalue weighted by Crippen LogP contribution is 2.30. The van der Waals surface area contributed by atoms with Crippen LogP contribution in [0.4, 0.5) is 11.4 Å². The summed E-state index contributed by atoms with van der Waals surface area (Å²) in [5.41, 5.74) is 2.12. The van der Waals surface area contributed by atoms with Crippen LogP contribution in [0.1, 0.15) is 11.1 Å². The molecule has 1 fully saturated rings. The van der Waals surface area contributed by atoms with Crippen molar-refractivity contribution < 1.29 is 9.66 Å². The van der Waals surface area contributed by atoms with Gasteiger partial charge in [-0.15, -0.1) is 0 Å². The van der Waals surface area contributed by atoms with Crippen LogP contribution in [-0.4, -0.2) is 48.9 Å². The molecule has 1 aliphatic rings. The van der Waals surface area contributed by atoms with Crippen molar-refractivity contribution in [1.82, 2.24) is 10.2 Å². The van der Waals surface area contributed by atoms with E-state index in [0.717, 1.165) is 54.1 Å². The van der Waals surface area contributed by atoms with Crippen molar-refractivity contribution in [3.05, 3.63) is 75.8 Å². The van der Waals surface area contributed by atoms with Gasteiger partial charge in [-0.2, -0.15) is 0 Å². The minimum atomic E-state index is -0.366. The number of benzene rings is 3. The highest BCUT2D eigenvalue weighted by molar-refractivity contribution is 6.06. The van der Waals surface area contributed by atoms with E-state index in [0.29, 0.717) is 11.3 Å². The Morgan fingerprint density at radius 2 is 1.80 bits per heavy atom. The zero-order valence-electron chi connectivity index (χ0n) is 17.1. The molecule has 0 unspecified atom stereocenters. The summed E-state index contributed by atoms with van der Waals surface area (Å²) in [6, 6.07) is 17.3. The van der Waals surface area contributed by atoms with Crippen molar-refractivity contribution in [2.24, 2.45) is 4.99 Å². The minimum Gasteiger partial charge on any atom is -0.496 e. The van der Waals surface area contributed by atoms with Gasteiger partial charge in [0.25, 0.3) is 5.69 Å². The highest BCUT2D eigenvalue weighted by atomic mass is 16.6. The molecule has 7 heteroatoms. The molecule has 0 spiro atoms. The van der Waals surface area contributed by atoms with E-state index in [4.69, 9.17) is 9.73 Å². The molecule has 0 saturated carbocycles. The second-order valence-corrected chi connectivity index (χ2v) is 7.30. The maximum atomic E-state index is 11.4. The Bertz CT molecular complexity index is 1120. The summed E-state index contributed by atoms with van der Waals surface area (Å²) in [5.74, 6) is 1.49. The van der Waals surface area contributed by atoms with Gasteiger partial charge < -0.3 is 15.0 Å². The first kappa shape index (κ1) is 19.8. The van der Waals surface area contributed by atoms with Gasteiger partial charge in [-0.05, 0) is 35.9 Å². The van der Waals surface area contributed by atoms with E-state index >= 15 is 0 Å². The number of nitrogens with zero attached hydrogens (tertiary/aromatic N) is 3. The van der Waals surface area contributed by atoms with Gasteiger partial charge in [-0.1, -0.05) is 30.3 Å². The molecular weight excluding hydrogens is 380 g/mol. The number of nitro benzene ring substituents is 1. The number of piperazine rings is 1. The number of amidine groups is 1. The third-order valence-electron chi connectivity index (χ3n) is 5.35. The zero-order chi connectivity index (χ0) is 21.1.